The number of aromatic nitrogens is 2. The number of rotatable bonds is 4. The van der Waals surface area contributed by atoms with E-state index in [0.717, 1.165) is 5.56 Å². The van der Waals surface area contributed by atoms with Gasteiger partial charge in [0.2, 0.25) is 10.0 Å². The van der Waals surface area contributed by atoms with Gasteiger partial charge in [-0.2, -0.15) is 9.40 Å². The van der Waals surface area contributed by atoms with Gasteiger partial charge in [0.05, 0.1) is 11.1 Å². The summed E-state index contributed by atoms with van der Waals surface area (Å²) in [6.07, 6.45) is 3.20. The standard InChI is InChI=1S/C11H11Cl2N3O2S/c1-16(7-8-5-14-15-6-8)19(17,18)11-3-9(12)2-10(13)4-11/h2-6H,7H2,1H3,(H,14,15). The van der Waals surface area contributed by atoms with E-state index >= 15 is 0 Å². The first kappa shape index (κ1) is 14.3. The number of halogens is 2. The van der Waals surface area contributed by atoms with Crippen molar-refractivity contribution in [1.29, 1.82) is 0 Å². The molecule has 0 aliphatic carbocycles. The highest BCUT2D eigenvalue weighted by Crippen LogP contribution is 2.24. The number of hydrogen-bond acceptors (Lipinski definition) is 3. The summed E-state index contributed by atoms with van der Waals surface area (Å²) in [6, 6.07) is 4.22. The maximum absolute atomic E-state index is 12.3. The van der Waals surface area contributed by atoms with Crippen LogP contribution in [0, 0.1) is 0 Å². The Balaban J connectivity index is 2.31. The zero-order valence-electron chi connectivity index (χ0n) is 9.97. The quantitative estimate of drug-likeness (QED) is 0.941. The van der Waals surface area contributed by atoms with Crippen LogP contribution in [0.3, 0.4) is 0 Å². The maximum atomic E-state index is 12.3. The second-order valence-corrected chi connectivity index (χ2v) is 6.89. The third-order valence-electron chi connectivity index (χ3n) is 2.50. The number of benzene rings is 1. The molecule has 0 atom stereocenters. The van der Waals surface area contributed by atoms with E-state index in [4.69, 9.17) is 23.2 Å². The fourth-order valence-corrected chi connectivity index (χ4v) is 3.45. The summed E-state index contributed by atoms with van der Waals surface area (Å²) >= 11 is 11.6. The summed E-state index contributed by atoms with van der Waals surface area (Å²) in [4.78, 5) is 0.0657. The number of nitrogens with zero attached hydrogens (tertiary/aromatic N) is 2. The van der Waals surface area contributed by atoms with E-state index in [0.29, 0.717) is 0 Å². The normalized spacial score (nSPS) is 12.0. The molecule has 1 heterocycles. The van der Waals surface area contributed by atoms with Crippen molar-refractivity contribution < 1.29 is 8.42 Å². The van der Waals surface area contributed by atoms with Gasteiger partial charge in [0.1, 0.15) is 0 Å². The molecule has 0 saturated carbocycles. The Kier molecular flexibility index (Phi) is 4.15. The molecular weight excluding hydrogens is 309 g/mol. The number of hydrogen-bond donors (Lipinski definition) is 1. The van der Waals surface area contributed by atoms with Gasteiger partial charge >= 0.3 is 0 Å². The van der Waals surface area contributed by atoms with Gasteiger partial charge in [-0.15, -0.1) is 0 Å². The molecule has 8 heteroatoms. The van der Waals surface area contributed by atoms with Crippen molar-refractivity contribution in [3.8, 4) is 0 Å². The number of nitrogens with one attached hydrogen (secondary N) is 1. The molecular formula is C11H11Cl2N3O2S. The smallest absolute Gasteiger partial charge is 0.243 e. The highest BCUT2D eigenvalue weighted by atomic mass is 35.5. The zero-order chi connectivity index (χ0) is 14.0. The number of sulfonamides is 1. The summed E-state index contributed by atoms with van der Waals surface area (Å²) in [5, 5.41) is 6.96. The Morgan fingerprint density at radius 3 is 2.42 bits per heavy atom. The van der Waals surface area contributed by atoms with Crippen LogP contribution in [0.4, 0.5) is 0 Å². The van der Waals surface area contributed by atoms with E-state index in [9.17, 15) is 8.42 Å². The molecule has 102 valence electrons. The van der Waals surface area contributed by atoms with E-state index in [-0.39, 0.29) is 21.5 Å². The van der Waals surface area contributed by atoms with Crippen LogP contribution < -0.4 is 0 Å². The Bertz CT molecular complexity index is 651. The second kappa shape index (κ2) is 5.50. The van der Waals surface area contributed by atoms with Crippen molar-refractivity contribution in [2.24, 2.45) is 0 Å². The average molecular weight is 320 g/mol. The summed E-state index contributed by atoms with van der Waals surface area (Å²) in [5.74, 6) is 0. The molecule has 2 aromatic rings. The van der Waals surface area contributed by atoms with Crippen molar-refractivity contribution in [1.82, 2.24) is 14.5 Å². The Morgan fingerprint density at radius 2 is 1.89 bits per heavy atom. The average Bonchev–Trinajstić information content (AvgIpc) is 2.80. The molecule has 0 aliphatic rings. The van der Waals surface area contributed by atoms with Gasteiger partial charge in [0.25, 0.3) is 0 Å². The first-order valence-corrected chi connectivity index (χ1v) is 7.49. The molecule has 1 aromatic carbocycles. The molecule has 0 unspecified atom stereocenters. The van der Waals surface area contributed by atoms with Gasteiger partial charge in [0.15, 0.2) is 0 Å². The van der Waals surface area contributed by atoms with Crippen molar-refractivity contribution in [2.75, 3.05) is 7.05 Å². The first-order valence-electron chi connectivity index (χ1n) is 5.29. The van der Waals surface area contributed by atoms with Gasteiger partial charge < -0.3 is 0 Å². The van der Waals surface area contributed by atoms with Crippen molar-refractivity contribution in [3.05, 3.63) is 46.2 Å². The highest BCUT2D eigenvalue weighted by molar-refractivity contribution is 7.89. The molecule has 0 spiro atoms. The lowest BCUT2D eigenvalue weighted by Crippen LogP contribution is -2.26. The molecule has 1 N–H and O–H groups in total. The van der Waals surface area contributed by atoms with Crippen LogP contribution in [0.15, 0.2) is 35.5 Å². The molecule has 0 bridgehead atoms. The van der Waals surface area contributed by atoms with Crippen molar-refractivity contribution >= 4 is 33.2 Å². The van der Waals surface area contributed by atoms with Gasteiger partial charge in [-0.05, 0) is 18.2 Å². The first-order chi connectivity index (χ1) is 8.89. The molecule has 0 aliphatic heterocycles. The topological polar surface area (TPSA) is 66.1 Å². The zero-order valence-corrected chi connectivity index (χ0v) is 12.3. The predicted molar refractivity (Wildman–Crippen MR) is 73.7 cm³/mol. The fourth-order valence-electron chi connectivity index (χ4n) is 1.56. The van der Waals surface area contributed by atoms with Crippen LogP contribution in [0.5, 0.6) is 0 Å². The minimum Gasteiger partial charge on any atom is -0.285 e. The van der Waals surface area contributed by atoms with E-state index in [1.165, 1.54) is 29.6 Å². The van der Waals surface area contributed by atoms with Crippen LogP contribution >= 0.6 is 23.2 Å². The SMILES string of the molecule is CN(Cc1cn[nH]c1)S(=O)(=O)c1cc(Cl)cc(Cl)c1. The third kappa shape index (κ3) is 3.27. The van der Waals surface area contributed by atoms with Crippen molar-refractivity contribution in [3.63, 3.8) is 0 Å². The molecule has 0 saturated heterocycles. The van der Waals surface area contributed by atoms with E-state index in [1.54, 1.807) is 12.4 Å². The molecule has 1 aromatic heterocycles. The minimum absolute atomic E-state index is 0.0657. The van der Waals surface area contributed by atoms with Gasteiger partial charge in [-0.25, -0.2) is 8.42 Å². The predicted octanol–water partition coefficient (Wildman–Crippen LogP) is 2.54. The van der Waals surface area contributed by atoms with Crippen LogP contribution in [0.1, 0.15) is 5.56 Å². The second-order valence-electron chi connectivity index (χ2n) is 3.97. The lowest BCUT2D eigenvalue weighted by atomic mass is 10.4. The van der Waals surface area contributed by atoms with Gasteiger partial charge in [-0.3, -0.25) is 5.10 Å². The molecule has 0 radical (unpaired) electrons. The Hall–Kier alpha value is -1.08. The molecule has 2 rings (SSSR count). The Labute approximate surface area is 121 Å². The molecule has 5 nitrogen and oxygen atoms in total. The highest BCUT2D eigenvalue weighted by Gasteiger charge is 2.22. The van der Waals surface area contributed by atoms with Crippen LogP contribution in [0.25, 0.3) is 0 Å². The molecule has 19 heavy (non-hydrogen) atoms. The Morgan fingerprint density at radius 1 is 1.26 bits per heavy atom. The van der Waals surface area contributed by atoms with Crippen LogP contribution in [-0.2, 0) is 16.6 Å². The summed E-state index contributed by atoms with van der Waals surface area (Å²) < 4.78 is 25.9. The molecule has 0 amide bonds. The van der Waals surface area contributed by atoms with Crippen LogP contribution in [-0.4, -0.2) is 30.0 Å². The van der Waals surface area contributed by atoms with E-state index in [1.807, 2.05) is 0 Å². The van der Waals surface area contributed by atoms with E-state index in [2.05, 4.69) is 10.2 Å². The molecule has 0 fully saturated rings. The van der Waals surface area contributed by atoms with Gasteiger partial charge in [0, 0.05) is 35.4 Å². The summed E-state index contributed by atoms with van der Waals surface area (Å²) in [7, 11) is -2.15. The summed E-state index contributed by atoms with van der Waals surface area (Å²) in [6.45, 7) is 0.211. The summed E-state index contributed by atoms with van der Waals surface area (Å²) in [5.41, 5.74) is 0.763. The maximum Gasteiger partial charge on any atom is 0.243 e. The van der Waals surface area contributed by atoms with E-state index < -0.39 is 10.0 Å². The van der Waals surface area contributed by atoms with Crippen LogP contribution in [0.2, 0.25) is 10.0 Å². The lowest BCUT2D eigenvalue weighted by Gasteiger charge is -2.16. The monoisotopic (exact) mass is 319 g/mol. The number of aromatic amines is 1. The third-order valence-corrected chi connectivity index (χ3v) is 4.72. The fraction of sp³-hybridized carbons (Fsp3) is 0.182. The number of H-pyrrole nitrogens is 1. The van der Waals surface area contributed by atoms with Gasteiger partial charge in [-0.1, -0.05) is 23.2 Å². The minimum atomic E-state index is -3.64. The lowest BCUT2D eigenvalue weighted by molar-refractivity contribution is 0.467. The largest absolute Gasteiger partial charge is 0.285 e. The van der Waals surface area contributed by atoms with Crippen molar-refractivity contribution in [2.45, 2.75) is 11.4 Å².